The molecule has 2 aromatic heterocycles. The first kappa shape index (κ1) is 21.7. The first-order valence-electron chi connectivity index (χ1n) is 10.7. The predicted molar refractivity (Wildman–Crippen MR) is 109 cm³/mol. The van der Waals surface area contributed by atoms with Crippen LogP contribution >= 0.6 is 0 Å². The first-order chi connectivity index (χ1) is 14.9. The minimum absolute atomic E-state index is 0.0239. The molecule has 2 saturated heterocycles. The Hall–Kier alpha value is -2.55. The fourth-order valence-electron chi connectivity index (χ4n) is 4.40. The van der Waals surface area contributed by atoms with Gasteiger partial charge in [0, 0.05) is 31.7 Å². The van der Waals surface area contributed by atoms with E-state index in [-0.39, 0.29) is 17.9 Å². The van der Waals surface area contributed by atoms with E-state index in [9.17, 15) is 18.0 Å². The molecular weight excluding hydrogens is 409 g/mol. The molecule has 0 radical (unpaired) electrons. The summed E-state index contributed by atoms with van der Waals surface area (Å²) in [5.41, 5.74) is -0.755. The molecule has 1 N–H and O–H groups in total. The lowest BCUT2D eigenvalue weighted by atomic mass is 9.95. The number of halogens is 3. The summed E-state index contributed by atoms with van der Waals surface area (Å²) in [5.74, 6) is 1.29. The molecule has 6 nitrogen and oxygen atoms in total. The molecule has 0 aromatic carbocycles. The molecule has 1 atom stereocenters. The number of carbonyl (C=O) groups excluding carboxylic acids is 1. The minimum atomic E-state index is -4.39. The lowest BCUT2D eigenvalue weighted by Crippen LogP contribution is -2.43. The summed E-state index contributed by atoms with van der Waals surface area (Å²) in [5, 5.41) is 3.10. The van der Waals surface area contributed by atoms with E-state index in [0.29, 0.717) is 38.3 Å². The molecule has 2 fully saturated rings. The largest absolute Gasteiger partial charge is 0.468 e. The normalized spacial score (nSPS) is 19.5. The fraction of sp³-hybridized carbons (Fsp3) is 0.545. The molecule has 0 bridgehead atoms. The number of nitrogens with zero attached hydrogens (tertiary/aromatic N) is 3. The SMILES string of the molecule is O=C(NC[C@@H](c1ccco1)N1CCCC1)C1CCN(c2ccc(C(F)(F)F)cn2)CC1. The van der Waals surface area contributed by atoms with Crippen LogP contribution in [0.2, 0.25) is 0 Å². The minimum Gasteiger partial charge on any atom is -0.468 e. The van der Waals surface area contributed by atoms with E-state index in [0.717, 1.165) is 44.0 Å². The summed E-state index contributed by atoms with van der Waals surface area (Å²) in [6.45, 7) is 3.68. The van der Waals surface area contributed by atoms with Crippen molar-refractivity contribution < 1.29 is 22.4 Å². The number of hydrogen-bond donors (Lipinski definition) is 1. The van der Waals surface area contributed by atoms with Crippen LogP contribution in [0.15, 0.2) is 41.1 Å². The number of hydrogen-bond acceptors (Lipinski definition) is 5. The van der Waals surface area contributed by atoms with E-state index in [2.05, 4.69) is 15.2 Å². The Kier molecular flexibility index (Phi) is 6.50. The average Bonchev–Trinajstić information content (AvgIpc) is 3.48. The molecule has 1 amide bonds. The van der Waals surface area contributed by atoms with Gasteiger partial charge in [0.05, 0.1) is 17.9 Å². The number of piperidine rings is 1. The molecule has 2 aliphatic heterocycles. The number of anilines is 1. The van der Waals surface area contributed by atoms with Crippen molar-refractivity contribution in [3.63, 3.8) is 0 Å². The molecule has 0 aliphatic carbocycles. The van der Waals surface area contributed by atoms with Gasteiger partial charge in [-0.2, -0.15) is 13.2 Å². The molecule has 2 aromatic rings. The van der Waals surface area contributed by atoms with Gasteiger partial charge in [0.15, 0.2) is 0 Å². The Morgan fingerprint density at radius 2 is 1.90 bits per heavy atom. The van der Waals surface area contributed by atoms with E-state index < -0.39 is 11.7 Å². The quantitative estimate of drug-likeness (QED) is 0.745. The van der Waals surface area contributed by atoms with Crippen molar-refractivity contribution in [1.82, 2.24) is 15.2 Å². The number of nitrogens with one attached hydrogen (secondary N) is 1. The Balaban J connectivity index is 1.29. The van der Waals surface area contributed by atoms with E-state index in [1.165, 1.54) is 6.07 Å². The average molecular weight is 436 g/mol. The number of pyridine rings is 1. The standard InChI is InChI=1S/C22H27F3N4O2/c23-22(24,25)17-5-6-20(26-14-17)29-11-7-16(8-12-29)21(30)27-15-18(19-4-3-13-31-19)28-9-1-2-10-28/h3-6,13-14,16,18H,1-2,7-12,15H2,(H,27,30)/t18-/m0/s1. The zero-order valence-electron chi connectivity index (χ0n) is 17.3. The lowest BCUT2D eigenvalue weighted by Gasteiger charge is -2.33. The molecule has 9 heteroatoms. The Bertz CT molecular complexity index is 841. The van der Waals surface area contributed by atoms with Crippen molar-refractivity contribution in [2.75, 3.05) is 37.6 Å². The highest BCUT2D eigenvalue weighted by molar-refractivity contribution is 5.79. The second kappa shape index (κ2) is 9.30. The third kappa shape index (κ3) is 5.20. The molecule has 0 saturated carbocycles. The van der Waals surface area contributed by atoms with E-state index in [1.54, 1.807) is 6.26 Å². The van der Waals surface area contributed by atoms with Crippen LogP contribution in [-0.2, 0) is 11.0 Å². The van der Waals surface area contributed by atoms with Gasteiger partial charge in [0.25, 0.3) is 0 Å². The molecule has 4 rings (SSSR count). The van der Waals surface area contributed by atoms with Crippen molar-refractivity contribution in [1.29, 1.82) is 0 Å². The van der Waals surface area contributed by atoms with Crippen LogP contribution in [0.5, 0.6) is 0 Å². The van der Waals surface area contributed by atoms with Crippen molar-refractivity contribution in [3.8, 4) is 0 Å². The van der Waals surface area contributed by atoms with E-state index >= 15 is 0 Å². The summed E-state index contributed by atoms with van der Waals surface area (Å²) in [4.78, 5) is 21.0. The third-order valence-corrected chi connectivity index (χ3v) is 6.19. The van der Waals surface area contributed by atoms with Crippen LogP contribution in [0.4, 0.5) is 19.0 Å². The summed E-state index contributed by atoms with van der Waals surface area (Å²) >= 11 is 0. The van der Waals surface area contributed by atoms with Gasteiger partial charge in [0.1, 0.15) is 11.6 Å². The molecular formula is C22H27F3N4O2. The number of furan rings is 1. The topological polar surface area (TPSA) is 61.6 Å². The summed E-state index contributed by atoms with van der Waals surface area (Å²) < 4.78 is 43.7. The van der Waals surface area contributed by atoms with Crippen LogP contribution in [0.1, 0.15) is 43.0 Å². The van der Waals surface area contributed by atoms with Gasteiger partial charge < -0.3 is 14.6 Å². The molecule has 2 aliphatic rings. The highest BCUT2D eigenvalue weighted by Crippen LogP contribution is 2.30. The number of aromatic nitrogens is 1. The Morgan fingerprint density at radius 1 is 1.16 bits per heavy atom. The van der Waals surface area contributed by atoms with E-state index in [1.807, 2.05) is 17.0 Å². The zero-order chi connectivity index (χ0) is 21.8. The van der Waals surface area contributed by atoms with Crippen LogP contribution < -0.4 is 10.2 Å². The van der Waals surface area contributed by atoms with Crippen LogP contribution in [0, 0.1) is 5.92 Å². The number of amides is 1. The van der Waals surface area contributed by atoms with Gasteiger partial charge in [0.2, 0.25) is 5.91 Å². The fourth-order valence-corrected chi connectivity index (χ4v) is 4.40. The Labute approximate surface area is 179 Å². The van der Waals surface area contributed by atoms with Crippen LogP contribution in [0.3, 0.4) is 0 Å². The molecule has 168 valence electrons. The highest BCUT2D eigenvalue weighted by Gasteiger charge is 2.32. The second-order valence-corrected chi connectivity index (χ2v) is 8.18. The Morgan fingerprint density at radius 3 is 2.48 bits per heavy atom. The number of carbonyl (C=O) groups is 1. The predicted octanol–water partition coefficient (Wildman–Crippen LogP) is 3.86. The van der Waals surface area contributed by atoms with Crippen molar-refractivity contribution in [2.45, 2.75) is 37.9 Å². The van der Waals surface area contributed by atoms with Gasteiger partial charge >= 0.3 is 6.18 Å². The molecule has 31 heavy (non-hydrogen) atoms. The van der Waals surface area contributed by atoms with Crippen LogP contribution in [-0.4, -0.2) is 48.5 Å². The summed E-state index contributed by atoms with van der Waals surface area (Å²) in [6, 6.07) is 6.30. The summed E-state index contributed by atoms with van der Waals surface area (Å²) in [6.07, 6.45) is 1.72. The smallest absolute Gasteiger partial charge is 0.417 e. The molecule has 0 spiro atoms. The number of likely N-dealkylation sites (tertiary alicyclic amines) is 1. The van der Waals surface area contributed by atoms with Gasteiger partial charge in [-0.25, -0.2) is 4.98 Å². The first-order valence-corrected chi connectivity index (χ1v) is 10.7. The second-order valence-electron chi connectivity index (χ2n) is 8.18. The van der Waals surface area contributed by atoms with Gasteiger partial charge in [-0.3, -0.25) is 9.69 Å². The van der Waals surface area contributed by atoms with Gasteiger partial charge in [-0.1, -0.05) is 0 Å². The maximum absolute atomic E-state index is 12.8. The zero-order valence-corrected chi connectivity index (χ0v) is 17.3. The lowest BCUT2D eigenvalue weighted by molar-refractivity contribution is -0.137. The van der Waals surface area contributed by atoms with Crippen molar-refractivity contribution >= 4 is 11.7 Å². The van der Waals surface area contributed by atoms with Gasteiger partial charge in [-0.15, -0.1) is 0 Å². The maximum atomic E-state index is 12.8. The number of rotatable bonds is 6. The highest BCUT2D eigenvalue weighted by atomic mass is 19.4. The number of alkyl halides is 3. The van der Waals surface area contributed by atoms with Crippen molar-refractivity contribution in [2.24, 2.45) is 5.92 Å². The van der Waals surface area contributed by atoms with Crippen molar-refractivity contribution in [3.05, 3.63) is 48.0 Å². The summed E-state index contributed by atoms with van der Waals surface area (Å²) in [7, 11) is 0. The molecule has 4 heterocycles. The van der Waals surface area contributed by atoms with Crippen LogP contribution in [0.25, 0.3) is 0 Å². The molecule has 0 unspecified atom stereocenters. The monoisotopic (exact) mass is 436 g/mol. The van der Waals surface area contributed by atoms with Gasteiger partial charge in [-0.05, 0) is 63.0 Å². The third-order valence-electron chi connectivity index (χ3n) is 6.19. The van der Waals surface area contributed by atoms with E-state index in [4.69, 9.17) is 4.42 Å². The maximum Gasteiger partial charge on any atom is 0.417 e.